The van der Waals surface area contributed by atoms with Crippen LogP contribution in [0.5, 0.6) is 0 Å². The van der Waals surface area contributed by atoms with E-state index in [0.717, 1.165) is 27.9 Å². The summed E-state index contributed by atoms with van der Waals surface area (Å²) in [6.45, 7) is 6.01. The molecule has 0 aromatic carbocycles. The van der Waals surface area contributed by atoms with Crippen molar-refractivity contribution in [2.24, 2.45) is 21.2 Å². The molecule has 1 aliphatic rings. The lowest BCUT2D eigenvalue weighted by Gasteiger charge is -2.07. The van der Waals surface area contributed by atoms with Gasteiger partial charge in [0.05, 0.1) is 4.91 Å². The maximum atomic E-state index is 5.62. The summed E-state index contributed by atoms with van der Waals surface area (Å²) in [5.41, 5.74) is 1.81. The number of allylic oxidation sites excluding steroid dienone is 1. The molecule has 0 aliphatic carbocycles. The van der Waals surface area contributed by atoms with Gasteiger partial charge in [0.25, 0.3) is 5.82 Å². The molecule has 0 radical (unpaired) electrons. The molecule has 0 fully saturated rings. The summed E-state index contributed by atoms with van der Waals surface area (Å²) >= 11 is 1.14. The fourth-order valence-electron chi connectivity index (χ4n) is 1.09. The van der Waals surface area contributed by atoms with Gasteiger partial charge in [0, 0.05) is 5.45 Å². The van der Waals surface area contributed by atoms with E-state index in [-0.39, 0.29) is 0 Å². The van der Waals surface area contributed by atoms with Gasteiger partial charge in [-0.05, 0) is 24.8 Å². The van der Waals surface area contributed by atoms with Crippen LogP contribution in [0.4, 0.5) is 0 Å². The van der Waals surface area contributed by atoms with Crippen LogP contribution in [-0.2, 0) is 0 Å². The summed E-state index contributed by atoms with van der Waals surface area (Å²) in [5.74, 6) is 3.74. The van der Waals surface area contributed by atoms with Gasteiger partial charge in [-0.2, -0.15) is 0 Å². The summed E-state index contributed by atoms with van der Waals surface area (Å²) in [4.78, 5) is 8.91. The van der Waals surface area contributed by atoms with Crippen LogP contribution in [0.2, 0.25) is 0 Å². The Morgan fingerprint density at radius 2 is 2.33 bits per heavy atom. The molecule has 0 bridgehead atoms. The van der Waals surface area contributed by atoms with E-state index in [1.807, 2.05) is 6.92 Å². The highest BCUT2D eigenvalue weighted by atomic mass is 32.2. The van der Waals surface area contributed by atoms with Crippen LogP contribution in [0, 0.1) is 5.92 Å². The number of rotatable bonds is 3. The molecule has 80 valence electrons. The third-order valence-electron chi connectivity index (χ3n) is 1.74. The quantitative estimate of drug-likeness (QED) is 0.355. The van der Waals surface area contributed by atoms with E-state index < -0.39 is 0 Å². The fourth-order valence-corrected chi connectivity index (χ4v) is 1.81. The zero-order valence-corrected chi connectivity index (χ0v) is 11.0. The van der Waals surface area contributed by atoms with E-state index in [0.29, 0.717) is 11.7 Å². The second-order valence-electron chi connectivity index (χ2n) is 3.40. The monoisotopic (exact) mass is 241 g/mol. The fraction of sp³-hybridized carbons (Fsp3) is 0.444. The Labute approximate surface area is 95.9 Å². The van der Waals surface area contributed by atoms with Gasteiger partial charge in [-0.15, -0.1) is 0 Å². The van der Waals surface area contributed by atoms with Crippen LogP contribution in [0.25, 0.3) is 0 Å². The highest BCUT2D eigenvalue weighted by molar-refractivity contribution is 8.01. The molecular formula is C9H14N4PS+. The van der Waals surface area contributed by atoms with Crippen molar-refractivity contribution in [3.8, 4) is 0 Å². The Morgan fingerprint density at radius 3 is 2.80 bits per heavy atom. The third kappa shape index (κ3) is 3.13. The minimum Gasteiger partial charge on any atom is -0.273 e. The van der Waals surface area contributed by atoms with Crippen molar-refractivity contribution >= 4 is 32.5 Å². The van der Waals surface area contributed by atoms with Crippen LogP contribution < -0.4 is 5.14 Å². The normalized spacial score (nSPS) is 16.4. The summed E-state index contributed by atoms with van der Waals surface area (Å²) < 4.78 is 0. The molecule has 1 atom stereocenters. The zero-order valence-electron chi connectivity index (χ0n) is 8.98. The van der Waals surface area contributed by atoms with Crippen molar-refractivity contribution in [2.75, 3.05) is 0 Å². The Balaban J connectivity index is 3.23. The minimum absolute atomic E-state index is 0.310. The molecule has 0 aromatic rings. The third-order valence-corrected chi connectivity index (χ3v) is 2.51. The van der Waals surface area contributed by atoms with Crippen LogP contribution in [0.1, 0.15) is 20.8 Å². The van der Waals surface area contributed by atoms with Gasteiger partial charge in [0.2, 0.25) is 0 Å². The van der Waals surface area contributed by atoms with Crippen molar-refractivity contribution in [2.45, 2.75) is 20.8 Å². The highest BCUT2D eigenvalue weighted by Crippen LogP contribution is 2.29. The van der Waals surface area contributed by atoms with Crippen molar-refractivity contribution in [3.05, 3.63) is 16.3 Å². The van der Waals surface area contributed by atoms with Gasteiger partial charge in [0.15, 0.2) is 5.11 Å². The molecule has 0 aromatic heterocycles. The Hall–Kier alpha value is -0.690. The first-order chi connectivity index (χ1) is 7.06. The SMILES string of the molecule is C/C(P)=N\C1=C(SN)C(C(C)C)=C=[N+]=N1. The molecular weight excluding hydrogens is 227 g/mol. The Kier molecular flexibility index (Phi) is 4.46. The molecule has 15 heavy (non-hydrogen) atoms. The van der Waals surface area contributed by atoms with Crippen molar-refractivity contribution in [3.63, 3.8) is 0 Å². The predicted octanol–water partition coefficient (Wildman–Crippen LogP) is 1.98. The molecule has 1 rings (SSSR count). The van der Waals surface area contributed by atoms with E-state index in [1.165, 1.54) is 0 Å². The van der Waals surface area contributed by atoms with E-state index in [1.54, 1.807) is 0 Å². The largest absolute Gasteiger partial charge is 0.357 e. The number of hydrogen-bond donors (Lipinski definition) is 1. The van der Waals surface area contributed by atoms with E-state index >= 15 is 0 Å². The lowest BCUT2D eigenvalue weighted by Crippen LogP contribution is -2.04. The number of hydrogen-bond acceptors (Lipinski definition) is 4. The van der Waals surface area contributed by atoms with E-state index in [4.69, 9.17) is 5.14 Å². The van der Waals surface area contributed by atoms with Gasteiger partial charge < -0.3 is 0 Å². The second kappa shape index (κ2) is 5.41. The maximum Gasteiger partial charge on any atom is 0.357 e. The predicted molar refractivity (Wildman–Crippen MR) is 67.7 cm³/mol. The lowest BCUT2D eigenvalue weighted by molar-refractivity contribution is -0.0736. The summed E-state index contributed by atoms with van der Waals surface area (Å²) in [6.07, 6.45) is 0. The van der Waals surface area contributed by atoms with Gasteiger partial charge in [-0.1, -0.05) is 23.1 Å². The van der Waals surface area contributed by atoms with E-state index in [2.05, 4.69) is 43.9 Å². The second-order valence-corrected chi connectivity index (χ2v) is 4.88. The van der Waals surface area contributed by atoms with Crippen LogP contribution >= 0.6 is 21.2 Å². The molecule has 0 saturated heterocycles. The van der Waals surface area contributed by atoms with E-state index in [9.17, 15) is 0 Å². The average Bonchev–Trinajstić information content (AvgIpc) is 2.16. The molecule has 1 heterocycles. The molecule has 6 heteroatoms. The number of aliphatic imine (C=N–C) groups is 1. The maximum absolute atomic E-state index is 5.62. The van der Waals surface area contributed by atoms with Crippen LogP contribution in [0.3, 0.4) is 0 Å². The smallest absolute Gasteiger partial charge is 0.273 e. The first-order valence-electron chi connectivity index (χ1n) is 4.52. The van der Waals surface area contributed by atoms with Gasteiger partial charge >= 0.3 is 5.87 Å². The summed E-state index contributed by atoms with van der Waals surface area (Å²) in [6, 6.07) is 0. The first-order valence-corrected chi connectivity index (χ1v) is 5.97. The topological polar surface area (TPSA) is 64.8 Å². The number of nitrogens with zero attached hydrogens (tertiary/aromatic N) is 3. The molecule has 0 spiro atoms. The molecule has 4 nitrogen and oxygen atoms in total. The number of nitrogens with two attached hydrogens (primary N) is 1. The van der Waals surface area contributed by atoms with Gasteiger partial charge in [-0.25, -0.2) is 4.99 Å². The van der Waals surface area contributed by atoms with Crippen molar-refractivity contribution < 1.29 is 4.79 Å². The molecule has 1 aliphatic heterocycles. The lowest BCUT2D eigenvalue weighted by atomic mass is 10.0. The first kappa shape index (κ1) is 12.4. The highest BCUT2D eigenvalue weighted by Gasteiger charge is 2.22. The van der Waals surface area contributed by atoms with Crippen LogP contribution in [-0.4, -0.2) is 16.1 Å². The molecule has 0 saturated carbocycles. The van der Waals surface area contributed by atoms with Gasteiger partial charge in [-0.3, -0.25) is 5.14 Å². The van der Waals surface area contributed by atoms with Gasteiger partial charge in [0.1, 0.15) is 10.4 Å². The minimum atomic E-state index is 0.310. The standard InChI is InChI=1S/C9H14N4PS/c1-5(2)7-4-11-13-9(8(7)15-10)12-6(3)14/h5H,10,14H2,1-3H3/q+1/b12-6+. The summed E-state index contributed by atoms with van der Waals surface area (Å²) in [5, 5.41) is 9.54. The average molecular weight is 241 g/mol. The Bertz CT molecular complexity index is 419. The molecule has 0 amide bonds. The molecule has 2 N–H and O–H groups in total. The van der Waals surface area contributed by atoms with Crippen molar-refractivity contribution in [1.82, 2.24) is 0 Å². The Morgan fingerprint density at radius 1 is 1.67 bits per heavy atom. The zero-order chi connectivity index (χ0) is 11.4. The summed E-state index contributed by atoms with van der Waals surface area (Å²) in [7, 11) is 2.51. The van der Waals surface area contributed by atoms with Crippen molar-refractivity contribution in [1.29, 1.82) is 0 Å². The van der Waals surface area contributed by atoms with Crippen LogP contribution in [0.15, 0.2) is 26.4 Å². The molecule has 1 unspecified atom stereocenters.